The first kappa shape index (κ1) is 18.5. The smallest absolute Gasteiger partial charge is 0.254 e. The zero-order valence-electron chi connectivity index (χ0n) is 14.9. The monoisotopic (exact) mass is 411 g/mol. The SMILES string of the molecule is O=C(NCCNc1nc2ccccc2s1)c1cnn(Cc2ccccc2Cl)c1. The Balaban J connectivity index is 1.27. The van der Waals surface area contributed by atoms with Crippen molar-refractivity contribution in [2.75, 3.05) is 18.4 Å². The summed E-state index contributed by atoms with van der Waals surface area (Å²) in [4.78, 5) is 16.8. The van der Waals surface area contributed by atoms with Gasteiger partial charge in [0.25, 0.3) is 5.91 Å². The molecule has 0 saturated carbocycles. The van der Waals surface area contributed by atoms with Gasteiger partial charge in [-0.2, -0.15) is 5.10 Å². The van der Waals surface area contributed by atoms with Gasteiger partial charge in [0, 0.05) is 24.3 Å². The van der Waals surface area contributed by atoms with Gasteiger partial charge in [-0.1, -0.05) is 53.3 Å². The minimum Gasteiger partial charge on any atom is -0.360 e. The summed E-state index contributed by atoms with van der Waals surface area (Å²) < 4.78 is 2.84. The quantitative estimate of drug-likeness (QED) is 0.450. The largest absolute Gasteiger partial charge is 0.360 e. The van der Waals surface area contributed by atoms with E-state index < -0.39 is 0 Å². The van der Waals surface area contributed by atoms with Gasteiger partial charge in [-0.05, 0) is 23.8 Å². The van der Waals surface area contributed by atoms with Crippen molar-refractivity contribution in [3.63, 3.8) is 0 Å². The van der Waals surface area contributed by atoms with Gasteiger partial charge in [0.1, 0.15) is 0 Å². The van der Waals surface area contributed by atoms with E-state index in [1.165, 1.54) is 0 Å². The highest BCUT2D eigenvalue weighted by atomic mass is 35.5. The number of thiazole rings is 1. The van der Waals surface area contributed by atoms with E-state index in [1.54, 1.807) is 28.4 Å². The Morgan fingerprint density at radius 3 is 2.79 bits per heavy atom. The molecule has 0 atom stereocenters. The predicted octanol–water partition coefficient (Wildman–Crippen LogP) is 4.04. The van der Waals surface area contributed by atoms with Crippen LogP contribution in [0.3, 0.4) is 0 Å². The maximum atomic E-state index is 12.3. The van der Waals surface area contributed by atoms with Gasteiger partial charge >= 0.3 is 0 Å². The second kappa shape index (κ2) is 8.41. The highest BCUT2D eigenvalue weighted by molar-refractivity contribution is 7.22. The minimum atomic E-state index is -0.156. The molecule has 2 aromatic carbocycles. The van der Waals surface area contributed by atoms with Gasteiger partial charge in [0.05, 0.1) is 28.5 Å². The molecule has 4 aromatic rings. The third-order valence-corrected chi connectivity index (χ3v) is 5.53. The van der Waals surface area contributed by atoms with E-state index >= 15 is 0 Å². The molecule has 4 rings (SSSR count). The lowest BCUT2D eigenvalue weighted by molar-refractivity contribution is 0.0955. The Hall–Kier alpha value is -2.90. The number of aromatic nitrogens is 3. The average Bonchev–Trinajstić information content (AvgIpc) is 3.33. The summed E-state index contributed by atoms with van der Waals surface area (Å²) in [6, 6.07) is 15.6. The molecule has 0 saturated heterocycles. The molecular formula is C20H18ClN5OS. The Kier molecular flexibility index (Phi) is 5.55. The molecule has 28 heavy (non-hydrogen) atoms. The van der Waals surface area contributed by atoms with E-state index in [2.05, 4.69) is 20.7 Å². The van der Waals surface area contributed by atoms with Gasteiger partial charge in [-0.3, -0.25) is 9.48 Å². The molecule has 0 radical (unpaired) electrons. The van der Waals surface area contributed by atoms with Crippen LogP contribution in [0.25, 0.3) is 10.2 Å². The van der Waals surface area contributed by atoms with Gasteiger partial charge < -0.3 is 10.6 Å². The Labute approximate surface area is 171 Å². The van der Waals surface area contributed by atoms with E-state index in [-0.39, 0.29) is 5.91 Å². The normalized spacial score (nSPS) is 10.9. The second-order valence-electron chi connectivity index (χ2n) is 6.19. The van der Waals surface area contributed by atoms with Crippen LogP contribution in [0.15, 0.2) is 60.9 Å². The molecule has 2 aromatic heterocycles. The Morgan fingerprint density at radius 1 is 1.11 bits per heavy atom. The highest BCUT2D eigenvalue weighted by Gasteiger charge is 2.09. The molecular weight excluding hydrogens is 394 g/mol. The summed E-state index contributed by atoms with van der Waals surface area (Å²) >= 11 is 7.77. The van der Waals surface area contributed by atoms with Crippen molar-refractivity contribution >= 4 is 44.2 Å². The number of nitrogens with zero attached hydrogens (tertiary/aromatic N) is 3. The average molecular weight is 412 g/mol. The summed E-state index contributed by atoms with van der Waals surface area (Å²) in [5, 5.41) is 11.9. The van der Waals surface area contributed by atoms with Gasteiger partial charge in [-0.25, -0.2) is 4.98 Å². The predicted molar refractivity (Wildman–Crippen MR) is 113 cm³/mol. The molecule has 0 spiro atoms. The van der Waals surface area contributed by atoms with Crippen molar-refractivity contribution in [2.45, 2.75) is 6.54 Å². The van der Waals surface area contributed by atoms with Crippen molar-refractivity contribution in [3.8, 4) is 0 Å². The first-order valence-electron chi connectivity index (χ1n) is 8.82. The number of hydrogen-bond donors (Lipinski definition) is 2. The number of hydrogen-bond acceptors (Lipinski definition) is 5. The first-order chi connectivity index (χ1) is 13.7. The molecule has 0 aliphatic carbocycles. The van der Waals surface area contributed by atoms with Crippen molar-refractivity contribution in [1.82, 2.24) is 20.1 Å². The van der Waals surface area contributed by atoms with E-state index in [0.29, 0.717) is 30.2 Å². The number of anilines is 1. The summed E-state index contributed by atoms with van der Waals surface area (Å²) in [7, 11) is 0. The van der Waals surface area contributed by atoms with Gasteiger partial charge in [0.15, 0.2) is 5.13 Å². The molecule has 1 amide bonds. The van der Waals surface area contributed by atoms with Crippen LogP contribution in [0.1, 0.15) is 15.9 Å². The number of rotatable bonds is 7. The van der Waals surface area contributed by atoms with Gasteiger partial charge in [-0.15, -0.1) is 0 Å². The molecule has 8 heteroatoms. The topological polar surface area (TPSA) is 71.8 Å². The molecule has 0 aliphatic rings. The standard InChI is InChI=1S/C20H18ClN5OS/c21-16-6-2-1-5-14(16)12-26-13-15(11-24-26)19(27)22-9-10-23-20-25-17-7-3-4-8-18(17)28-20/h1-8,11,13H,9-10,12H2,(H,22,27)(H,23,25). The minimum absolute atomic E-state index is 0.156. The molecule has 2 heterocycles. The number of halogens is 1. The molecule has 0 fully saturated rings. The van der Waals surface area contributed by atoms with Gasteiger partial charge in [0.2, 0.25) is 0 Å². The number of carbonyl (C=O) groups excluding carboxylic acids is 1. The van der Waals surface area contributed by atoms with Crippen LogP contribution in [0.4, 0.5) is 5.13 Å². The lowest BCUT2D eigenvalue weighted by Gasteiger charge is -2.05. The third kappa shape index (κ3) is 4.32. The molecule has 2 N–H and O–H groups in total. The summed E-state index contributed by atoms with van der Waals surface area (Å²) in [5.74, 6) is -0.156. The van der Waals surface area contributed by atoms with E-state index in [0.717, 1.165) is 20.9 Å². The fraction of sp³-hybridized carbons (Fsp3) is 0.150. The van der Waals surface area contributed by atoms with E-state index in [1.807, 2.05) is 48.5 Å². The Morgan fingerprint density at radius 2 is 1.93 bits per heavy atom. The molecule has 0 bridgehead atoms. The summed E-state index contributed by atoms with van der Waals surface area (Å²) in [6.07, 6.45) is 3.28. The Bertz CT molecular complexity index is 1070. The van der Waals surface area contributed by atoms with Crippen LogP contribution in [-0.4, -0.2) is 33.8 Å². The van der Waals surface area contributed by atoms with Crippen LogP contribution in [-0.2, 0) is 6.54 Å². The zero-order valence-corrected chi connectivity index (χ0v) is 16.5. The van der Waals surface area contributed by atoms with Crippen LogP contribution in [0.2, 0.25) is 5.02 Å². The fourth-order valence-corrected chi connectivity index (χ4v) is 3.85. The first-order valence-corrected chi connectivity index (χ1v) is 10.0. The lowest BCUT2D eigenvalue weighted by Crippen LogP contribution is -2.28. The number of para-hydroxylation sites is 1. The maximum absolute atomic E-state index is 12.3. The second-order valence-corrected chi connectivity index (χ2v) is 7.63. The number of amides is 1. The summed E-state index contributed by atoms with van der Waals surface area (Å²) in [6.45, 7) is 1.61. The summed E-state index contributed by atoms with van der Waals surface area (Å²) in [5.41, 5.74) is 2.45. The zero-order chi connectivity index (χ0) is 19.3. The molecule has 0 unspecified atom stereocenters. The molecule has 0 aliphatic heterocycles. The molecule has 142 valence electrons. The lowest BCUT2D eigenvalue weighted by atomic mass is 10.2. The number of fused-ring (bicyclic) bond motifs is 1. The van der Waals surface area contributed by atoms with Crippen LogP contribution >= 0.6 is 22.9 Å². The van der Waals surface area contributed by atoms with Crippen LogP contribution in [0, 0.1) is 0 Å². The van der Waals surface area contributed by atoms with E-state index in [4.69, 9.17) is 11.6 Å². The van der Waals surface area contributed by atoms with Crippen molar-refractivity contribution < 1.29 is 4.79 Å². The van der Waals surface area contributed by atoms with Crippen molar-refractivity contribution in [2.24, 2.45) is 0 Å². The third-order valence-electron chi connectivity index (χ3n) is 4.17. The van der Waals surface area contributed by atoms with Crippen LogP contribution in [0.5, 0.6) is 0 Å². The van der Waals surface area contributed by atoms with E-state index in [9.17, 15) is 4.79 Å². The maximum Gasteiger partial charge on any atom is 0.254 e. The highest BCUT2D eigenvalue weighted by Crippen LogP contribution is 2.24. The van der Waals surface area contributed by atoms with Crippen molar-refractivity contribution in [1.29, 1.82) is 0 Å². The fourth-order valence-electron chi connectivity index (χ4n) is 2.76. The number of carbonyl (C=O) groups is 1. The molecule has 6 nitrogen and oxygen atoms in total. The van der Waals surface area contributed by atoms with Crippen molar-refractivity contribution in [3.05, 3.63) is 77.1 Å². The number of benzene rings is 2. The number of nitrogens with one attached hydrogen (secondary N) is 2. The van der Waals surface area contributed by atoms with Crippen LogP contribution < -0.4 is 10.6 Å².